The monoisotopic (exact) mass is 558 g/mol. The van der Waals surface area contributed by atoms with Crippen LogP contribution in [-0.2, 0) is 17.6 Å². The fraction of sp³-hybridized carbons (Fsp3) is 0.286. The minimum Gasteiger partial charge on any atom is -0.351 e. The molecule has 2 aliphatic rings. The Morgan fingerprint density at radius 1 is 1.05 bits per heavy atom. The number of rotatable bonds is 4. The second-order valence-electron chi connectivity index (χ2n) is 9.96. The Bertz CT molecular complexity index is 1540. The van der Waals surface area contributed by atoms with Gasteiger partial charge in [0, 0.05) is 43.1 Å². The van der Waals surface area contributed by atoms with E-state index in [9.17, 15) is 9.59 Å². The zero-order chi connectivity index (χ0) is 27.5. The van der Waals surface area contributed by atoms with Gasteiger partial charge in [0.1, 0.15) is 5.02 Å². The molecule has 1 aromatic carbocycles. The van der Waals surface area contributed by atoms with Crippen molar-refractivity contribution in [2.45, 2.75) is 32.1 Å². The molecule has 3 aromatic heterocycles. The lowest BCUT2D eigenvalue weighted by Gasteiger charge is -2.31. The fourth-order valence-corrected chi connectivity index (χ4v) is 5.18. The number of benzene rings is 1. The van der Waals surface area contributed by atoms with Crippen molar-refractivity contribution in [2.75, 3.05) is 29.0 Å². The summed E-state index contributed by atoms with van der Waals surface area (Å²) in [5.74, 6) is 1.10. The molecule has 12 heteroatoms. The van der Waals surface area contributed by atoms with E-state index in [-0.39, 0.29) is 23.5 Å². The standard InChI is InChI=1S/C28H27ClN8O3/c29-22-16-31-28-34-21-11-18(14-30-15-21)1-2-19-13-20(33-26(22)36-28)3-4-23(19)35-25(38)12-17-6-9-37(10-7-17)27(39)24-5-8-32-40-24/h3-5,8,11,13-17H,1-2,6-7,9-10,12H2,(H,35,38)(H2,31,33,34,36). The van der Waals surface area contributed by atoms with E-state index >= 15 is 0 Å². The van der Waals surface area contributed by atoms with Gasteiger partial charge in [-0.1, -0.05) is 16.8 Å². The van der Waals surface area contributed by atoms with E-state index in [0.717, 1.165) is 47.5 Å². The third-order valence-electron chi connectivity index (χ3n) is 7.14. The van der Waals surface area contributed by atoms with Gasteiger partial charge in [0.2, 0.25) is 17.6 Å². The molecule has 1 fully saturated rings. The number of piperidine rings is 1. The van der Waals surface area contributed by atoms with E-state index in [1.54, 1.807) is 23.4 Å². The molecule has 2 aliphatic heterocycles. The molecular formula is C28H27ClN8O3. The van der Waals surface area contributed by atoms with E-state index in [2.05, 4.69) is 36.1 Å². The summed E-state index contributed by atoms with van der Waals surface area (Å²) in [5, 5.41) is 13.6. The van der Waals surface area contributed by atoms with E-state index in [1.165, 1.54) is 6.20 Å². The van der Waals surface area contributed by atoms with Crippen LogP contribution < -0.4 is 16.0 Å². The first-order chi connectivity index (χ1) is 19.5. The normalized spacial score (nSPS) is 15.1. The Morgan fingerprint density at radius 2 is 1.93 bits per heavy atom. The van der Waals surface area contributed by atoms with Gasteiger partial charge in [0.15, 0.2) is 5.82 Å². The second kappa shape index (κ2) is 11.3. The highest BCUT2D eigenvalue weighted by atomic mass is 35.5. The predicted molar refractivity (Wildman–Crippen MR) is 150 cm³/mol. The number of carbonyl (C=O) groups excluding carboxylic acids is 2. The van der Waals surface area contributed by atoms with Crippen molar-refractivity contribution in [1.29, 1.82) is 0 Å². The number of carbonyl (C=O) groups is 2. The first kappa shape index (κ1) is 25.8. The summed E-state index contributed by atoms with van der Waals surface area (Å²) >= 11 is 6.36. The molecule has 5 heterocycles. The molecular weight excluding hydrogens is 532 g/mol. The Hall–Kier alpha value is -4.51. The molecule has 1 saturated heterocycles. The van der Waals surface area contributed by atoms with Crippen LogP contribution in [0.3, 0.4) is 0 Å². The van der Waals surface area contributed by atoms with E-state index in [1.807, 2.05) is 30.5 Å². The molecule has 0 atom stereocenters. The highest BCUT2D eigenvalue weighted by Crippen LogP contribution is 2.30. The van der Waals surface area contributed by atoms with Crippen molar-refractivity contribution in [3.05, 3.63) is 77.0 Å². The van der Waals surface area contributed by atoms with Gasteiger partial charge >= 0.3 is 0 Å². The van der Waals surface area contributed by atoms with Gasteiger partial charge < -0.3 is 25.4 Å². The number of aromatic nitrogens is 4. The largest absolute Gasteiger partial charge is 0.351 e. The lowest BCUT2D eigenvalue weighted by atomic mass is 9.93. The maximum atomic E-state index is 13.1. The smallest absolute Gasteiger partial charge is 0.292 e. The molecule has 4 aromatic rings. The van der Waals surface area contributed by atoms with Crippen molar-refractivity contribution in [3.63, 3.8) is 0 Å². The number of aryl methyl sites for hydroxylation is 2. The van der Waals surface area contributed by atoms with E-state index in [4.69, 9.17) is 16.1 Å². The van der Waals surface area contributed by atoms with E-state index < -0.39 is 0 Å². The molecule has 40 heavy (non-hydrogen) atoms. The minimum absolute atomic E-state index is 0.0452. The van der Waals surface area contributed by atoms with Crippen LogP contribution >= 0.6 is 11.6 Å². The van der Waals surface area contributed by atoms with Gasteiger partial charge in [0.05, 0.1) is 24.3 Å². The average Bonchev–Trinajstić information content (AvgIpc) is 3.50. The minimum atomic E-state index is -0.162. The van der Waals surface area contributed by atoms with Crippen LogP contribution in [0.5, 0.6) is 0 Å². The Balaban J connectivity index is 1.15. The molecule has 2 amide bonds. The molecule has 0 unspecified atom stereocenters. The quantitative estimate of drug-likeness (QED) is 0.316. The van der Waals surface area contributed by atoms with Gasteiger partial charge in [-0.15, -0.1) is 0 Å². The van der Waals surface area contributed by atoms with Crippen molar-refractivity contribution in [1.82, 2.24) is 25.0 Å². The molecule has 0 radical (unpaired) electrons. The number of halogens is 1. The summed E-state index contributed by atoms with van der Waals surface area (Å²) in [6.07, 6.45) is 9.86. The summed E-state index contributed by atoms with van der Waals surface area (Å²) in [5.41, 5.74) is 4.36. The van der Waals surface area contributed by atoms with Crippen molar-refractivity contribution in [3.8, 4) is 0 Å². The Labute approximate surface area is 235 Å². The van der Waals surface area contributed by atoms with Crippen LogP contribution in [0.2, 0.25) is 5.02 Å². The van der Waals surface area contributed by atoms with Crippen LogP contribution in [0.15, 0.2) is 59.6 Å². The van der Waals surface area contributed by atoms with Gasteiger partial charge in [-0.2, -0.15) is 4.98 Å². The number of nitrogens with one attached hydrogen (secondary N) is 3. The maximum Gasteiger partial charge on any atom is 0.292 e. The second-order valence-corrected chi connectivity index (χ2v) is 10.4. The van der Waals surface area contributed by atoms with Crippen molar-refractivity contribution in [2.24, 2.45) is 5.92 Å². The third-order valence-corrected chi connectivity index (χ3v) is 7.42. The lowest BCUT2D eigenvalue weighted by molar-refractivity contribution is -0.117. The van der Waals surface area contributed by atoms with Crippen molar-refractivity contribution >= 4 is 52.2 Å². The van der Waals surface area contributed by atoms with E-state index in [0.29, 0.717) is 42.7 Å². The van der Waals surface area contributed by atoms with Gasteiger partial charge in [0.25, 0.3) is 5.91 Å². The third kappa shape index (κ3) is 5.89. The average molecular weight is 559 g/mol. The summed E-state index contributed by atoms with van der Waals surface area (Å²) in [4.78, 5) is 40.5. The summed E-state index contributed by atoms with van der Waals surface area (Å²) in [6.45, 7) is 1.16. The number of hydrogen-bond acceptors (Lipinski definition) is 9. The molecule has 11 nitrogen and oxygen atoms in total. The number of amides is 2. The molecule has 3 N–H and O–H groups in total. The van der Waals surface area contributed by atoms with Crippen LogP contribution in [0.4, 0.5) is 28.8 Å². The molecule has 204 valence electrons. The van der Waals surface area contributed by atoms with Crippen LogP contribution in [0.1, 0.15) is 40.9 Å². The molecule has 0 aliphatic carbocycles. The zero-order valence-electron chi connectivity index (χ0n) is 21.6. The predicted octanol–water partition coefficient (Wildman–Crippen LogP) is 4.98. The van der Waals surface area contributed by atoms with Gasteiger partial charge in [-0.3, -0.25) is 14.6 Å². The maximum absolute atomic E-state index is 13.1. The van der Waals surface area contributed by atoms with Crippen LogP contribution in [-0.4, -0.2) is 49.9 Å². The number of likely N-dealkylation sites (tertiary alicyclic amines) is 1. The number of anilines is 5. The molecule has 6 bridgehead atoms. The summed E-state index contributed by atoms with van der Waals surface area (Å²) in [6, 6.07) is 9.37. The highest BCUT2D eigenvalue weighted by molar-refractivity contribution is 6.32. The SMILES string of the molecule is O=C(CC1CCN(C(=O)c2ccno2)CC1)Nc1ccc2cc1CCc1cncc(c1)Nc1ncc(Cl)c(n1)N2. The summed E-state index contributed by atoms with van der Waals surface area (Å²) < 4.78 is 4.99. The number of nitrogens with zero attached hydrogens (tertiary/aromatic N) is 5. The van der Waals surface area contributed by atoms with Gasteiger partial charge in [-0.05, 0) is 67.0 Å². The first-order valence-electron chi connectivity index (χ1n) is 13.1. The van der Waals surface area contributed by atoms with Crippen LogP contribution in [0, 0.1) is 5.92 Å². The lowest BCUT2D eigenvalue weighted by Crippen LogP contribution is -2.39. The molecule has 0 spiro atoms. The number of hydrogen-bond donors (Lipinski definition) is 3. The first-order valence-corrected chi connectivity index (χ1v) is 13.5. The summed E-state index contributed by atoms with van der Waals surface area (Å²) in [7, 11) is 0. The molecule has 0 saturated carbocycles. The highest BCUT2D eigenvalue weighted by Gasteiger charge is 2.27. The molecule has 6 rings (SSSR count). The number of pyridine rings is 1. The zero-order valence-corrected chi connectivity index (χ0v) is 22.3. The fourth-order valence-electron chi connectivity index (χ4n) is 5.04. The van der Waals surface area contributed by atoms with Crippen LogP contribution in [0.25, 0.3) is 0 Å². The number of fused-ring (bicyclic) bond motifs is 6. The van der Waals surface area contributed by atoms with Crippen molar-refractivity contribution < 1.29 is 14.1 Å². The Kier molecular flexibility index (Phi) is 7.28. The Morgan fingerprint density at radius 3 is 2.75 bits per heavy atom. The topological polar surface area (TPSA) is 138 Å². The van der Waals surface area contributed by atoms with Gasteiger partial charge in [-0.25, -0.2) is 4.98 Å².